The molecule has 1 N–H and O–H groups in total. The molecule has 4 rings (SSSR count). The van der Waals surface area contributed by atoms with Crippen LogP contribution in [0.25, 0.3) is 0 Å². The molecule has 1 spiro atoms. The molecule has 1 saturated heterocycles. The maximum absolute atomic E-state index is 12.5. The number of para-hydroxylation sites is 1. The lowest BCUT2D eigenvalue weighted by molar-refractivity contribution is -0.126. The first-order chi connectivity index (χ1) is 10.8. The number of nitrogens with one attached hydrogen (secondary N) is 1. The van der Waals surface area contributed by atoms with Gasteiger partial charge in [0.15, 0.2) is 0 Å². The molecule has 1 aromatic rings. The monoisotopic (exact) mass is 301 g/mol. The van der Waals surface area contributed by atoms with Gasteiger partial charge in [-0.25, -0.2) is 0 Å². The molecule has 118 valence electrons. The van der Waals surface area contributed by atoms with Crippen molar-refractivity contribution >= 4 is 5.91 Å². The first kappa shape index (κ1) is 14.1. The molecule has 22 heavy (non-hydrogen) atoms. The minimum Gasteiger partial charge on any atom is -0.487 e. The minimum absolute atomic E-state index is 0.00883. The molecule has 1 aromatic carbocycles. The standard InChI is InChI=1S/C18H23NO3/c20-17(13-7-10-21-12-13)19-15-11-18(8-3-4-9-18)22-16-6-2-1-5-14(15)16/h1-2,5-6,13,15H,3-4,7-12H2,(H,19,20)/t13-,15+/m1/s1. The molecule has 4 nitrogen and oxygen atoms in total. The molecule has 1 aliphatic carbocycles. The van der Waals surface area contributed by atoms with Crippen LogP contribution in [0.4, 0.5) is 0 Å². The van der Waals surface area contributed by atoms with E-state index in [0.717, 1.165) is 37.0 Å². The summed E-state index contributed by atoms with van der Waals surface area (Å²) >= 11 is 0. The van der Waals surface area contributed by atoms with Gasteiger partial charge >= 0.3 is 0 Å². The van der Waals surface area contributed by atoms with Crippen molar-refractivity contribution in [1.82, 2.24) is 5.32 Å². The van der Waals surface area contributed by atoms with Crippen molar-refractivity contribution < 1.29 is 14.3 Å². The van der Waals surface area contributed by atoms with Gasteiger partial charge in [-0.2, -0.15) is 0 Å². The van der Waals surface area contributed by atoms with Crippen LogP contribution in [-0.4, -0.2) is 24.7 Å². The molecule has 2 aliphatic heterocycles. The highest BCUT2D eigenvalue weighted by Crippen LogP contribution is 2.47. The fourth-order valence-electron chi connectivity index (χ4n) is 4.10. The number of ether oxygens (including phenoxy) is 2. The smallest absolute Gasteiger partial charge is 0.226 e. The molecular formula is C18H23NO3. The van der Waals surface area contributed by atoms with Gasteiger partial charge in [-0.3, -0.25) is 4.79 Å². The van der Waals surface area contributed by atoms with Gasteiger partial charge < -0.3 is 14.8 Å². The third-order valence-corrected chi connectivity index (χ3v) is 5.33. The van der Waals surface area contributed by atoms with E-state index >= 15 is 0 Å². The maximum atomic E-state index is 12.5. The number of carbonyl (C=O) groups excluding carboxylic acids is 1. The van der Waals surface area contributed by atoms with Crippen LogP contribution >= 0.6 is 0 Å². The van der Waals surface area contributed by atoms with E-state index in [1.54, 1.807) is 0 Å². The predicted octanol–water partition coefficient (Wildman–Crippen LogP) is 2.98. The van der Waals surface area contributed by atoms with E-state index in [1.807, 2.05) is 18.2 Å². The van der Waals surface area contributed by atoms with Crippen LogP contribution in [0.3, 0.4) is 0 Å². The van der Waals surface area contributed by atoms with Gasteiger partial charge in [-0.1, -0.05) is 18.2 Å². The van der Waals surface area contributed by atoms with Gasteiger partial charge in [0, 0.05) is 18.6 Å². The number of hydrogen-bond acceptors (Lipinski definition) is 3. The summed E-state index contributed by atoms with van der Waals surface area (Å²) in [5.41, 5.74) is 1.05. The van der Waals surface area contributed by atoms with Crippen molar-refractivity contribution in [2.75, 3.05) is 13.2 Å². The van der Waals surface area contributed by atoms with Crippen molar-refractivity contribution in [3.8, 4) is 5.75 Å². The predicted molar refractivity (Wildman–Crippen MR) is 82.7 cm³/mol. The lowest BCUT2D eigenvalue weighted by Gasteiger charge is -2.40. The lowest BCUT2D eigenvalue weighted by Crippen LogP contribution is -2.44. The fraction of sp³-hybridized carbons (Fsp3) is 0.611. The van der Waals surface area contributed by atoms with E-state index in [1.165, 1.54) is 12.8 Å². The maximum Gasteiger partial charge on any atom is 0.226 e. The summed E-state index contributed by atoms with van der Waals surface area (Å²) < 4.78 is 11.7. The molecule has 0 aromatic heterocycles. The number of carbonyl (C=O) groups is 1. The summed E-state index contributed by atoms with van der Waals surface area (Å²) in [7, 11) is 0. The average molecular weight is 301 g/mol. The Morgan fingerprint density at radius 2 is 2.05 bits per heavy atom. The average Bonchev–Trinajstić information content (AvgIpc) is 3.19. The van der Waals surface area contributed by atoms with Crippen molar-refractivity contribution in [3.05, 3.63) is 29.8 Å². The molecule has 1 saturated carbocycles. The molecule has 2 atom stereocenters. The summed E-state index contributed by atoms with van der Waals surface area (Å²) in [6, 6.07) is 8.21. The van der Waals surface area contributed by atoms with Gasteiger partial charge in [0.1, 0.15) is 11.4 Å². The molecule has 2 heterocycles. The summed E-state index contributed by atoms with van der Waals surface area (Å²) in [6.45, 7) is 1.26. The second-order valence-electron chi connectivity index (χ2n) is 6.86. The van der Waals surface area contributed by atoms with E-state index < -0.39 is 0 Å². The molecule has 0 radical (unpaired) electrons. The third kappa shape index (κ3) is 2.50. The molecule has 0 bridgehead atoms. The lowest BCUT2D eigenvalue weighted by atomic mass is 9.85. The zero-order chi connectivity index (χ0) is 15.0. The van der Waals surface area contributed by atoms with E-state index in [2.05, 4.69) is 11.4 Å². The zero-order valence-electron chi connectivity index (χ0n) is 12.8. The Morgan fingerprint density at radius 1 is 1.23 bits per heavy atom. The Kier molecular flexibility index (Phi) is 3.57. The van der Waals surface area contributed by atoms with Crippen LogP contribution in [0.1, 0.15) is 50.1 Å². The van der Waals surface area contributed by atoms with Gasteiger partial charge in [-0.15, -0.1) is 0 Å². The number of amides is 1. The van der Waals surface area contributed by atoms with Crippen LogP contribution in [0.15, 0.2) is 24.3 Å². The van der Waals surface area contributed by atoms with Gasteiger partial charge in [0.2, 0.25) is 5.91 Å². The van der Waals surface area contributed by atoms with Gasteiger partial charge in [0.05, 0.1) is 18.6 Å². The summed E-state index contributed by atoms with van der Waals surface area (Å²) in [6.07, 6.45) is 6.37. The first-order valence-corrected chi connectivity index (χ1v) is 8.42. The Balaban J connectivity index is 1.58. The minimum atomic E-state index is -0.0710. The highest BCUT2D eigenvalue weighted by Gasteiger charge is 2.43. The van der Waals surface area contributed by atoms with Crippen LogP contribution in [0, 0.1) is 5.92 Å². The van der Waals surface area contributed by atoms with Gasteiger partial charge in [0.25, 0.3) is 0 Å². The number of benzene rings is 1. The molecule has 0 unspecified atom stereocenters. The summed E-state index contributed by atoms with van der Waals surface area (Å²) in [5, 5.41) is 3.27. The number of hydrogen-bond donors (Lipinski definition) is 1. The highest BCUT2D eigenvalue weighted by atomic mass is 16.5. The van der Waals surface area contributed by atoms with Crippen molar-refractivity contribution in [3.63, 3.8) is 0 Å². The van der Waals surface area contributed by atoms with Crippen LogP contribution < -0.4 is 10.1 Å². The van der Waals surface area contributed by atoms with Crippen LogP contribution in [-0.2, 0) is 9.53 Å². The Bertz CT molecular complexity index is 559. The van der Waals surface area contributed by atoms with E-state index in [4.69, 9.17) is 9.47 Å². The third-order valence-electron chi connectivity index (χ3n) is 5.33. The Hall–Kier alpha value is -1.55. The number of fused-ring (bicyclic) bond motifs is 1. The highest BCUT2D eigenvalue weighted by molar-refractivity contribution is 5.79. The first-order valence-electron chi connectivity index (χ1n) is 8.42. The van der Waals surface area contributed by atoms with E-state index in [-0.39, 0.29) is 23.5 Å². The summed E-state index contributed by atoms with van der Waals surface area (Å²) in [5.74, 6) is 1.09. The molecule has 1 amide bonds. The normalized spacial score (nSPS) is 29.1. The number of rotatable bonds is 2. The Labute approximate surface area is 131 Å². The second-order valence-corrected chi connectivity index (χ2v) is 6.86. The SMILES string of the molecule is O=C(N[C@H]1CC2(CCCC2)Oc2ccccc21)[C@@H]1CCOC1. The van der Waals surface area contributed by atoms with Gasteiger partial charge in [-0.05, 0) is 38.2 Å². The van der Waals surface area contributed by atoms with Crippen LogP contribution in [0.2, 0.25) is 0 Å². The fourth-order valence-corrected chi connectivity index (χ4v) is 4.10. The quantitative estimate of drug-likeness (QED) is 0.913. The van der Waals surface area contributed by atoms with E-state index in [9.17, 15) is 4.79 Å². The molecule has 2 fully saturated rings. The summed E-state index contributed by atoms with van der Waals surface area (Å²) in [4.78, 5) is 12.5. The zero-order valence-corrected chi connectivity index (χ0v) is 12.8. The van der Waals surface area contributed by atoms with Crippen molar-refractivity contribution in [1.29, 1.82) is 0 Å². The Morgan fingerprint density at radius 3 is 2.82 bits per heavy atom. The molecular weight excluding hydrogens is 278 g/mol. The molecule has 4 heteroatoms. The topological polar surface area (TPSA) is 47.6 Å². The largest absolute Gasteiger partial charge is 0.487 e. The second kappa shape index (κ2) is 5.58. The molecule has 3 aliphatic rings. The van der Waals surface area contributed by atoms with Crippen molar-refractivity contribution in [2.45, 2.75) is 50.2 Å². The van der Waals surface area contributed by atoms with Crippen molar-refractivity contribution in [2.24, 2.45) is 5.92 Å². The van der Waals surface area contributed by atoms with E-state index in [0.29, 0.717) is 13.2 Å². The van der Waals surface area contributed by atoms with Crippen LogP contribution in [0.5, 0.6) is 5.75 Å².